The number of carbonyl (C=O) groups is 1. The summed E-state index contributed by atoms with van der Waals surface area (Å²) in [6, 6.07) is 15.5. The van der Waals surface area contributed by atoms with Crippen molar-refractivity contribution in [3.8, 4) is 17.1 Å². The number of aromatic amines is 1. The summed E-state index contributed by atoms with van der Waals surface area (Å²) in [5, 5.41) is 18.5. The molecule has 176 valence electrons. The summed E-state index contributed by atoms with van der Waals surface area (Å²) >= 11 is 0. The van der Waals surface area contributed by atoms with Crippen LogP contribution in [0.4, 0.5) is 0 Å². The quantitative estimate of drug-likeness (QED) is 0.335. The van der Waals surface area contributed by atoms with Gasteiger partial charge in [-0.3, -0.25) is 4.79 Å². The van der Waals surface area contributed by atoms with Gasteiger partial charge < -0.3 is 19.9 Å². The first-order valence-electron chi connectivity index (χ1n) is 11.4. The van der Waals surface area contributed by atoms with Gasteiger partial charge in [0.25, 0.3) is 0 Å². The predicted octanol–water partition coefficient (Wildman–Crippen LogP) is 4.62. The number of imidazole rings is 1. The molecule has 0 radical (unpaired) electrons. The Morgan fingerprint density at radius 2 is 1.71 bits per heavy atom. The molecular weight excluding hydrogens is 428 g/mol. The molecule has 0 bridgehead atoms. The average Bonchev–Trinajstić information content (AvgIpc) is 3.22. The zero-order chi connectivity index (χ0) is 24.4. The van der Waals surface area contributed by atoms with Crippen LogP contribution in [0.15, 0.2) is 48.5 Å². The van der Waals surface area contributed by atoms with Gasteiger partial charge in [0, 0.05) is 17.5 Å². The molecule has 4 aromatic rings. The first-order valence-corrected chi connectivity index (χ1v) is 11.4. The molecule has 0 aliphatic rings. The lowest BCUT2D eigenvalue weighted by Crippen LogP contribution is -2.21. The highest BCUT2D eigenvalue weighted by atomic mass is 16.5. The van der Waals surface area contributed by atoms with Gasteiger partial charge in [0.05, 0.1) is 17.6 Å². The lowest BCUT2D eigenvalue weighted by atomic mass is 9.99. The molecule has 0 saturated heterocycles. The molecular formula is C28H30N2O4. The molecule has 6 heteroatoms. The van der Waals surface area contributed by atoms with Crippen LogP contribution < -0.4 is 4.74 Å². The number of carbonyl (C=O) groups excluding carboxylic acids is 1. The number of aliphatic hydroxyl groups excluding tert-OH is 2. The summed E-state index contributed by atoms with van der Waals surface area (Å²) in [6.45, 7) is 7.76. The Hall–Kier alpha value is -3.48. The Bertz CT molecular complexity index is 1330. The predicted molar refractivity (Wildman–Crippen MR) is 134 cm³/mol. The van der Waals surface area contributed by atoms with Crippen molar-refractivity contribution in [2.45, 2.75) is 40.2 Å². The van der Waals surface area contributed by atoms with E-state index in [-0.39, 0.29) is 19.0 Å². The summed E-state index contributed by atoms with van der Waals surface area (Å²) in [6.07, 6.45) is -0.555. The summed E-state index contributed by atoms with van der Waals surface area (Å²) in [7, 11) is 0. The topological polar surface area (TPSA) is 95.4 Å². The van der Waals surface area contributed by atoms with Gasteiger partial charge in [-0.1, -0.05) is 18.2 Å². The first-order chi connectivity index (χ1) is 16.2. The number of aryl methyl sites for hydroxylation is 4. The maximum Gasteiger partial charge on any atom is 0.167 e. The minimum absolute atomic E-state index is 0.0261. The standard InChI is InChI=1S/C28H30N2O4/c1-16-5-6-20(9-17(16)2)12-26(33)21-7-8-24-25(13-21)30-28(29-24)27-18(3)10-23(11-19(27)4)34-15-22(32)14-31/h5-11,13,22,31-32H,12,14-15H2,1-4H3,(H,29,30)/t22-/m1/s1. The number of fused-ring (bicyclic) bond motifs is 1. The molecule has 1 heterocycles. The number of Topliss-reactive ketones (excluding diaryl/α,β-unsaturated/α-hetero) is 1. The van der Waals surface area contributed by atoms with Crippen molar-refractivity contribution in [3.63, 3.8) is 0 Å². The van der Waals surface area contributed by atoms with Gasteiger partial charge in [-0.25, -0.2) is 4.98 Å². The molecule has 0 unspecified atom stereocenters. The minimum atomic E-state index is -0.914. The lowest BCUT2D eigenvalue weighted by molar-refractivity contribution is 0.0536. The number of aliphatic hydroxyl groups is 2. The number of H-pyrrole nitrogens is 1. The van der Waals surface area contributed by atoms with Crippen LogP contribution in [-0.2, 0) is 6.42 Å². The normalized spacial score (nSPS) is 12.2. The fourth-order valence-electron chi connectivity index (χ4n) is 4.13. The highest BCUT2D eigenvalue weighted by Gasteiger charge is 2.15. The largest absolute Gasteiger partial charge is 0.491 e. The maximum absolute atomic E-state index is 12.9. The second-order valence-electron chi connectivity index (χ2n) is 8.92. The third-order valence-corrected chi connectivity index (χ3v) is 6.14. The lowest BCUT2D eigenvalue weighted by Gasteiger charge is -2.14. The molecule has 3 N–H and O–H groups in total. The number of aromatic nitrogens is 2. The molecule has 0 spiro atoms. The van der Waals surface area contributed by atoms with Crippen LogP contribution in [0, 0.1) is 27.7 Å². The third kappa shape index (κ3) is 5.03. The number of nitrogens with one attached hydrogen (secondary N) is 1. The van der Waals surface area contributed by atoms with Crippen LogP contribution >= 0.6 is 0 Å². The maximum atomic E-state index is 12.9. The summed E-state index contributed by atoms with van der Waals surface area (Å²) in [5.41, 5.74) is 8.58. The molecule has 0 amide bonds. The van der Waals surface area contributed by atoms with Gasteiger partial charge in [0.2, 0.25) is 0 Å². The Labute approximate surface area is 199 Å². The number of hydrogen-bond acceptors (Lipinski definition) is 5. The van der Waals surface area contributed by atoms with Gasteiger partial charge in [-0.15, -0.1) is 0 Å². The number of hydrogen-bond donors (Lipinski definition) is 3. The van der Waals surface area contributed by atoms with E-state index >= 15 is 0 Å². The van der Waals surface area contributed by atoms with Crippen LogP contribution in [0.2, 0.25) is 0 Å². The fraction of sp³-hybridized carbons (Fsp3) is 0.286. The molecule has 0 saturated carbocycles. The molecule has 0 aliphatic carbocycles. The van der Waals surface area contributed by atoms with Crippen molar-refractivity contribution < 1.29 is 19.7 Å². The SMILES string of the molecule is Cc1ccc(CC(=O)c2ccc3nc(-c4c(C)cc(OC[C@H](O)CO)cc4C)[nH]c3c2)cc1C. The fourth-order valence-corrected chi connectivity index (χ4v) is 4.13. The molecule has 34 heavy (non-hydrogen) atoms. The van der Waals surface area contributed by atoms with Gasteiger partial charge >= 0.3 is 0 Å². The smallest absolute Gasteiger partial charge is 0.167 e. The van der Waals surface area contributed by atoms with E-state index in [0.717, 1.165) is 39.1 Å². The Kier molecular flexibility index (Phi) is 6.82. The van der Waals surface area contributed by atoms with Crippen molar-refractivity contribution in [1.29, 1.82) is 0 Å². The van der Waals surface area contributed by atoms with Crippen LogP contribution in [-0.4, -0.2) is 45.3 Å². The molecule has 0 fully saturated rings. The molecule has 6 nitrogen and oxygen atoms in total. The third-order valence-electron chi connectivity index (χ3n) is 6.14. The highest BCUT2D eigenvalue weighted by molar-refractivity contribution is 6.00. The van der Waals surface area contributed by atoms with E-state index in [1.165, 1.54) is 11.1 Å². The van der Waals surface area contributed by atoms with Gasteiger partial charge in [-0.2, -0.15) is 0 Å². The van der Waals surface area contributed by atoms with Crippen LogP contribution in [0.1, 0.15) is 38.2 Å². The first kappa shape index (κ1) is 23.7. The van der Waals surface area contributed by atoms with E-state index in [1.807, 2.05) is 50.2 Å². The van der Waals surface area contributed by atoms with E-state index in [0.29, 0.717) is 17.7 Å². The van der Waals surface area contributed by atoms with E-state index in [9.17, 15) is 9.90 Å². The van der Waals surface area contributed by atoms with Crippen molar-refractivity contribution in [1.82, 2.24) is 9.97 Å². The van der Waals surface area contributed by atoms with E-state index in [1.54, 1.807) is 0 Å². The molecule has 1 aromatic heterocycles. The van der Waals surface area contributed by atoms with Crippen molar-refractivity contribution >= 4 is 16.8 Å². The highest BCUT2D eigenvalue weighted by Crippen LogP contribution is 2.31. The van der Waals surface area contributed by atoms with Crippen molar-refractivity contribution in [2.24, 2.45) is 0 Å². The second-order valence-corrected chi connectivity index (χ2v) is 8.92. The average molecular weight is 459 g/mol. The minimum Gasteiger partial charge on any atom is -0.491 e. The monoisotopic (exact) mass is 458 g/mol. The Morgan fingerprint density at radius 3 is 2.38 bits per heavy atom. The summed E-state index contributed by atoms with van der Waals surface area (Å²) in [5.74, 6) is 1.42. The Balaban J connectivity index is 1.58. The molecule has 0 aliphatic heterocycles. The van der Waals surface area contributed by atoms with Gasteiger partial charge in [-0.05, 0) is 85.8 Å². The Morgan fingerprint density at radius 1 is 0.971 bits per heavy atom. The molecule has 4 rings (SSSR count). The zero-order valence-electron chi connectivity index (χ0n) is 20.0. The van der Waals surface area contributed by atoms with E-state index in [2.05, 4.69) is 31.0 Å². The number of ketones is 1. The van der Waals surface area contributed by atoms with E-state index in [4.69, 9.17) is 14.8 Å². The van der Waals surface area contributed by atoms with Crippen LogP contribution in [0.25, 0.3) is 22.4 Å². The van der Waals surface area contributed by atoms with E-state index < -0.39 is 6.10 Å². The summed E-state index contributed by atoms with van der Waals surface area (Å²) < 4.78 is 5.60. The number of rotatable bonds is 8. The number of ether oxygens (including phenoxy) is 1. The molecule has 3 aromatic carbocycles. The van der Waals surface area contributed by atoms with Crippen LogP contribution in [0.5, 0.6) is 5.75 Å². The summed E-state index contributed by atoms with van der Waals surface area (Å²) in [4.78, 5) is 21.0. The van der Waals surface area contributed by atoms with Crippen molar-refractivity contribution in [2.75, 3.05) is 13.2 Å². The molecule has 1 atom stereocenters. The number of benzene rings is 3. The second kappa shape index (κ2) is 9.79. The van der Waals surface area contributed by atoms with Gasteiger partial charge in [0.1, 0.15) is 24.3 Å². The number of nitrogens with zero attached hydrogens (tertiary/aromatic N) is 1. The van der Waals surface area contributed by atoms with Crippen LogP contribution in [0.3, 0.4) is 0 Å². The van der Waals surface area contributed by atoms with Crippen molar-refractivity contribution in [3.05, 3.63) is 81.9 Å². The zero-order valence-corrected chi connectivity index (χ0v) is 20.0. The van der Waals surface area contributed by atoms with Gasteiger partial charge in [0.15, 0.2) is 5.78 Å².